The van der Waals surface area contributed by atoms with Crippen LogP contribution in [-0.2, 0) is 17.8 Å². The van der Waals surface area contributed by atoms with Gasteiger partial charge in [-0.1, -0.05) is 30.3 Å². The molecule has 0 aliphatic carbocycles. The van der Waals surface area contributed by atoms with Gasteiger partial charge in [0.2, 0.25) is 5.91 Å². The maximum absolute atomic E-state index is 11.4. The Kier molecular flexibility index (Phi) is 9.49. The predicted molar refractivity (Wildman–Crippen MR) is 92.6 cm³/mol. The smallest absolute Gasteiger partial charge is 0.236 e. The van der Waals surface area contributed by atoms with Crippen molar-refractivity contribution in [3.05, 3.63) is 54.1 Å². The Morgan fingerprint density at radius 1 is 1.32 bits per heavy atom. The Labute approximate surface area is 143 Å². The summed E-state index contributed by atoms with van der Waals surface area (Å²) in [4.78, 5) is 15.7. The predicted octanol–water partition coefficient (Wildman–Crippen LogP) is 1.78. The summed E-state index contributed by atoms with van der Waals surface area (Å²) >= 11 is 0. The summed E-state index contributed by atoms with van der Waals surface area (Å²) in [6, 6.07) is 9.74. The number of halogens is 2. The molecule has 0 bridgehead atoms. The van der Waals surface area contributed by atoms with E-state index in [9.17, 15) is 4.79 Å². The normalized spacial score (nSPS) is 11.0. The zero-order valence-electron chi connectivity index (χ0n) is 12.4. The number of benzene rings is 1. The lowest BCUT2D eigenvalue weighted by molar-refractivity contribution is -0.121. The number of carbonyl (C=O) groups is 1. The van der Waals surface area contributed by atoms with Gasteiger partial charge in [-0.25, -0.2) is 4.98 Å². The van der Waals surface area contributed by atoms with Crippen LogP contribution in [0.25, 0.3) is 0 Å². The molecule has 0 aliphatic rings. The van der Waals surface area contributed by atoms with Crippen molar-refractivity contribution >= 4 is 30.7 Å². The topological polar surface area (TPSA) is 72.9 Å². The first-order chi connectivity index (χ1) is 9.66. The summed E-state index contributed by atoms with van der Waals surface area (Å²) in [6.07, 6.45) is 4.43. The van der Waals surface area contributed by atoms with Crippen molar-refractivity contribution in [2.75, 3.05) is 6.54 Å². The Morgan fingerprint density at radius 2 is 2.00 bits per heavy atom. The molecule has 2 aromatic rings. The van der Waals surface area contributed by atoms with E-state index in [1.807, 2.05) is 24.4 Å². The van der Waals surface area contributed by atoms with Gasteiger partial charge in [0.1, 0.15) is 5.82 Å². The summed E-state index contributed by atoms with van der Waals surface area (Å²) in [6.45, 7) is 3.01. The minimum absolute atomic E-state index is 0. The summed E-state index contributed by atoms with van der Waals surface area (Å²) in [5.41, 5.74) is 6.72. The van der Waals surface area contributed by atoms with Gasteiger partial charge >= 0.3 is 0 Å². The van der Waals surface area contributed by atoms with Gasteiger partial charge in [-0.05, 0) is 12.5 Å². The lowest BCUT2D eigenvalue weighted by Gasteiger charge is -2.10. The first kappa shape index (κ1) is 20.4. The van der Waals surface area contributed by atoms with Crippen LogP contribution in [0.15, 0.2) is 42.7 Å². The van der Waals surface area contributed by atoms with E-state index in [-0.39, 0.29) is 30.7 Å². The second-order valence-electron chi connectivity index (χ2n) is 4.79. The van der Waals surface area contributed by atoms with E-state index < -0.39 is 6.04 Å². The summed E-state index contributed by atoms with van der Waals surface area (Å²) in [5.74, 6) is 0.824. The molecule has 122 valence electrons. The molecule has 22 heavy (non-hydrogen) atoms. The maximum atomic E-state index is 11.4. The Hall–Kier alpha value is -1.56. The number of nitrogens with one attached hydrogen (secondary N) is 1. The van der Waals surface area contributed by atoms with Crippen LogP contribution in [-0.4, -0.2) is 28.0 Å². The molecule has 0 saturated heterocycles. The van der Waals surface area contributed by atoms with Gasteiger partial charge < -0.3 is 15.6 Å². The third-order valence-corrected chi connectivity index (χ3v) is 3.06. The number of amides is 1. The fraction of sp³-hybridized carbons (Fsp3) is 0.333. The molecular weight excluding hydrogens is 323 g/mol. The van der Waals surface area contributed by atoms with E-state index in [2.05, 4.69) is 27.0 Å². The van der Waals surface area contributed by atoms with Crippen molar-refractivity contribution in [2.45, 2.75) is 25.9 Å². The molecule has 0 fully saturated rings. The van der Waals surface area contributed by atoms with Gasteiger partial charge in [0.25, 0.3) is 0 Å². The first-order valence-electron chi connectivity index (χ1n) is 6.74. The molecule has 2 rings (SSSR count). The average Bonchev–Trinajstić information content (AvgIpc) is 2.87. The van der Waals surface area contributed by atoms with Crippen LogP contribution in [0.3, 0.4) is 0 Å². The molecule has 1 amide bonds. The standard InChI is InChI=1S/C15H20N4O.2ClH/c1-12(16)15(20)18-8-7-14-17-9-10-19(14)11-13-5-3-2-4-6-13;;/h2-6,9-10,12H,7-8,11,16H2,1H3,(H,18,20);2*1H/t12-;;/m1../s1. The van der Waals surface area contributed by atoms with Crippen LogP contribution in [0.1, 0.15) is 18.3 Å². The lowest BCUT2D eigenvalue weighted by Crippen LogP contribution is -2.39. The molecular formula is C15H22Cl2N4O. The highest BCUT2D eigenvalue weighted by Gasteiger charge is 2.08. The highest BCUT2D eigenvalue weighted by Crippen LogP contribution is 2.05. The van der Waals surface area contributed by atoms with Crippen LogP contribution >= 0.6 is 24.8 Å². The van der Waals surface area contributed by atoms with Crippen LogP contribution in [0.2, 0.25) is 0 Å². The van der Waals surface area contributed by atoms with Crippen molar-refractivity contribution in [3.63, 3.8) is 0 Å². The van der Waals surface area contributed by atoms with Gasteiger partial charge in [-0.2, -0.15) is 0 Å². The minimum atomic E-state index is -0.473. The quantitative estimate of drug-likeness (QED) is 0.838. The number of hydrogen-bond acceptors (Lipinski definition) is 3. The third-order valence-electron chi connectivity index (χ3n) is 3.06. The number of carbonyl (C=O) groups excluding carboxylic acids is 1. The molecule has 5 nitrogen and oxygen atoms in total. The molecule has 1 aromatic carbocycles. The van der Waals surface area contributed by atoms with Crippen molar-refractivity contribution in [1.29, 1.82) is 0 Å². The minimum Gasteiger partial charge on any atom is -0.354 e. The lowest BCUT2D eigenvalue weighted by atomic mass is 10.2. The third kappa shape index (κ3) is 6.05. The van der Waals surface area contributed by atoms with Gasteiger partial charge in [0.15, 0.2) is 0 Å². The molecule has 0 unspecified atom stereocenters. The average molecular weight is 345 g/mol. The molecule has 7 heteroatoms. The molecule has 1 heterocycles. The molecule has 1 atom stereocenters. The van der Waals surface area contributed by atoms with Crippen molar-refractivity contribution < 1.29 is 4.79 Å². The van der Waals surface area contributed by atoms with E-state index >= 15 is 0 Å². The molecule has 0 radical (unpaired) electrons. The molecule has 0 aliphatic heterocycles. The van der Waals surface area contributed by atoms with E-state index in [4.69, 9.17) is 5.73 Å². The SMILES string of the molecule is C[C@@H](N)C(=O)NCCc1nccn1Cc1ccccc1.Cl.Cl. The van der Waals surface area contributed by atoms with E-state index in [1.54, 1.807) is 13.1 Å². The van der Waals surface area contributed by atoms with Crippen LogP contribution in [0, 0.1) is 0 Å². The van der Waals surface area contributed by atoms with Gasteiger partial charge in [-0.3, -0.25) is 4.79 Å². The van der Waals surface area contributed by atoms with Crippen LogP contribution < -0.4 is 11.1 Å². The summed E-state index contributed by atoms with van der Waals surface area (Å²) in [7, 11) is 0. The number of nitrogens with two attached hydrogens (primary N) is 1. The Bertz CT molecular complexity index is 558. The molecule has 3 N–H and O–H groups in total. The number of imidazole rings is 1. The van der Waals surface area contributed by atoms with Crippen molar-refractivity contribution in [2.24, 2.45) is 5.73 Å². The van der Waals surface area contributed by atoms with Gasteiger partial charge in [0, 0.05) is 31.9 Å². The van der Waals surface area contributed by atoms with Gasteiger partial charge in [-0.15, -0.1) is 24.8 Å². The first-order valence-corrected chi connectivity index (χ1v) is 6.74. The monoisotopic (exact) mass is 344 g/mol. The zero-order chi connectivity index (χ0) is 14.4. The zero-order valence-corrected chi connectivity index (χ0v) is 14.1. The number of aromatic nitrogens is 2. The van der Waals surface area contributed by atoms with Gasteiger partial charge in [0.05, 0.1) is 6.04 Å². The van der Waals surface area contributed by atoms with Crippen molar-refractivity contribution in [3.8, 4) is 0 Å². The highest BCUT2D eigenvalue weighted by atomic mass is 35.5. The van der Waals surface area contributed by atoms with Crippen LogP contribution in [0.5, 0.6) is 0 Å². The summed E-state index contributed by atoms with van der Waals surface area (Å²) < 4.78 is 2.09. The fourth-order valence-corrected chi connectivity index (χ4v) is 1.95. The Balaban J connectivity index is 0.00000220. The number of hydrogen-bond donors (Lipinski definition) is 2. The molecule has 0 spiro atoms. The van der Waals surface area contributed by atoms with Crippen LogP contribution in [0.4, 0.5) is 0 Å². The fourth-order valence-electron chi connectivity index (χ4n) is 1.95. The number of nitrogens with zero attached hydrogens (tertiary/aromatic N) is 2. The Morgan fingerprint density at radius 3 is 2.64 bits per heavy atom. The number of rotatable bonds is 6. The van der Waals surface area contributed by atoms with Crippen molar-refractivity contribution in [1.82, 2.24) is 14.9 Å². The highest BCUT2D eigenvalue weighted by molar-refractivity contribution is 5.85. The molecule has 0 saturated carbocycles. The maximum Gasteiger partial charge on any atom is 0.236 e. The van der Waals surface area contributed by atoms with E-state index in [0.29, 0.717) is 13.0 Å². The summed E-state index contributed by atoms with van der Waals surface area (Å²) in [5, 5.41) is 2.79. The second kappa shape index (κ2) is 10.2. The van der Waals surface area contributed by atoms with E-state index in [0.717, 1.165) is 12.4 Å². The second-order valence-corrected chi connectivity index (χ2v) is 4.79. The molecule has 1 aromatic heterocycles. The van der Waals surface area contributed by atoms with E-state index in [1.165, 1.54) is 5.56 Å². The largest absolute Gasteiger partial charge is 0.354 e.